The molecule has 1 aromatic carbocycles. The molecule has 3 atom stereocenters. The van der Waals surface area contributed by atoms with Gasteiger partial charge in [-0.2, -0.15) is 0 Å². The van der Waals surface area contributed by atoms with Crippen LogP contribution in [-0.4, -0.2) is 46.9 Å². The number of carbonyl (C=O) groups is 3. The van der Waals surface area contributed by atoms with Gasteiger partial charge in [0.05, 0.1) is 5.92 Å². The van der Waals surface area contributed by atoms with E-state index in [4.69, 9.17) is 0 Å². The molecule has 0 aromatic heterocycles. The average molecular weight is 364 g/mol. The lowest BCUT2D eigenvalue weighted by Crippen LogP contribution is -2.54. The van der Waals surface area contributed by atoms with Crippen LogP contribution in [0.15, 0.2) is 24.3 Å². The summed E-state index contributed by atoms with van der Waals surface area (Å²) in [7, 11) is 0. The molecule has 1 fully saturated rings. The van der Waals surface area contributed by atoms with Crippen LogP contribution in [0.2, 0.25) is 0 Å². The maximum atomic E-state index is 13.0. The van der Waals surface area contributed by atoms with Crippen molar-refractivity contribution in [1.29, 1.82) is 0 Å². The molecule has 1 aromatic rings. The van der Waals surface area contributed by atoms with Gasteiger partial charge in [-0.1, -0.05) is 20.8 Å². The molecule has 142 valence electrons. The van der Waals surface area contributed by atoms with Crippen LogP contribution in [0.4, 0.5) is 4.39 Å². The van der Waals surface area contributed by atoms with Crippen LogP contribution < -0.4 is 5.32 Å². The Bertz CT molecular complexity index is 675. The van der Waals surface area contributed by atoms with Gasteiger partial charge in [-0.05, 0) is 42.5 Å². The number of carboxylic acid groups (broad SMARTS) is 1. The summed E-state index contributed by atoms with van der Waals surface area (Å²) >= 11 is 0. The summed E-state index contributed by atoms with van der Waals surface area (Å²) in [5.41, 5.74) is 0.280. The Balaban J connectivity index is 2.07. The zero-order valence-corrected chi connectivity index (χ0v) is 15.2. The number of nitrogens with one attached hydrogen (secondary N) is 1. The number of likely N-dealkylation sites (tertiary alicyclic amines) is 1. The SMILES string of the molecule is CC(C)C(NC(=O)c1ccc(F)cc1)C(=O)N1CCC(C(=O)O)C(C)C1. The number of aliphatic carboxylic acids is 1. The van der Waals surface area contributed by atoms with Crippen molar-refractivity contribution in [2.45, 2.75) is 33.2 Å². The molecule has 0 spiro atoms. The van der Waals surface area contributed by atoms with Crippen molar-refractivity contribution in [2.75, 3.05) is 13.1 Å². The average Bonchev–Trinajstić information content (AvgIpc) is 2.58. The number of benzene rings is 1. The van der Waals surface area contributed by atoms with Crippen molar-refractivity contribution < 1.29 is 23.9 Å². The maximum Gasteiger partial charge on any atom is 0.306 e. The number of halogens is 1. The quantitative estimate of drug-likeness (QED) is 0.838. The minimum atomic E-state index is -0.838. The second-order valence-electron chi connectivity index (χ2n) is 7.20. The topological polar surface area (TPSA) is 86.7 Å². The van der Waals surface area contributed by atoms with Gasteiger partial charge in [0.2, 0.25) is 5.91 Å². The van der Waals surface area contributed by atoms with Crippen molar-refractivity contribution in [3.63, 3.8) is 0 Å². The number of amides is 2. The highest BCUT2D eigenvalue weighted by molar-refractivity contribution is 5.97. The van der Waals surface area contributed by atoms with E-state index in [9.17, 15) is 23.9 Å². The Kier molecular flexibility index (Phi) is 6.34. The highest BCUT2D eigenvalue weighted by atomic mass is 19.1. The molecular formula is C19H25FN2O4. The molecule has 6 nitrogen and oxygen atoms in total. The van der Waals surface area contributed by atoms with Crippen LogP contribution in [0.1, 0.15) is 37.6 Å². The Labute approximate surface area is 152 Å². The predicted octanol–water partition coefficient (Wildman–Crippen LogP) is 2.15. The molecule has 7 heteroatoms. The monoisotopic (exact) mass is 364 g/mol. The van der Waals surface area contributed by atoms with Gasteiger partial charge in [-0.3, -0.25) is 14.4 Å². The molecule has 2 amide bonds. The number of piperidine rings is 1. The van der Waals surface area contributed by atoms with Gasteiger partial charge >= 0.3 is 5.97 Å². The van der Waals surface area contributed by atoms with Crippen LogP contribution in [0.25, 0.3) is 0 Å². The number of hydrogen-bond acceptors (Lipinski definition) is 3. The van der Waals surface area contributed by atoms with E-state index in [0.29, 0.717) is 19.5 Å². The van der Waals surface area contributed by atoms with Crippen molar-refractivity contribution >= 4 is 17.8 Å². The van der Waals surface area contributed by atoms with E-state index in [1.165, 1.54) is 24.3 Å². The Hall–Kier alpha value is -2.44. The molecule has 0 radical (unpaired) electrons. The summed E-state index contributed by atoms with van der Waals surface area (Å²) in [4.78, 5) is 38.1. The molecule has 3 unspecified atom stereocenters. The standard InChI is InChI=1S/C19H25FN2O4/c1-11(2)16(21-17(23)13-4-6-14(20)7-5-13)18(24)22-9-8-15(19(25)26)12(3)10-22/h4-7,11-12,15-16H,8-10H2,1-3H3,(H,21,23)(H,25,26). The van der Waals surface area contributed by atoms with Gasteiger partial charge in [0.25, 0.3) is 5.91 Å². The molecule has 0 aliphatic carbocycles. The summed E-state index contributed by atoms with van der Waals surface area (Å²) in [5.74, 6) is -2.67. The Morgan fingerprint density at radius 3 is 2.35 bits per heavy atom. The normalized spacial score (nSPS) is 21.3. The third-order valence-electron chi connectivity index (χ3n) is 4.86. The molecule has 1 saturated heterocycles. The lowest BCUT2D eigenvalue weighted by molar-refractivity contribution is -0.149. The van der Waals surface area contributed by atoms with E-state index in [1.807, 2.05) is 20.8 Å². The largest absolute Gasteiger partial charge is 0.481 e. The zero-order valence-electron chi connectivity index (χ0n) is 15.2. The molecular weight excluding hydrogens is 339 g/mol. The van der Waals surface area contributed by atoms with E-state index >= 15 is 0 Å². The summed E-state index contributed by atoms with van der Waals surface area (Å²) < 4.78 is 13.0. The zero-order chi connectivity index (χ0) is 19.4. The van der Waals surface area contributed by atoms with Crippen LogP contribution in [0.3, 0.4) is 0 Å². The van der Waals surface area contributed by atoms with Crippen LogP contribution in [-0.2, 0) is 9.59 Å². The van der Waals surface area contributed by atoms with Crippen LogP contribution >= 0.6 is 0 Å². The lowest BCUT2D eigenvalue weighted by atomic mass is 9.86. The van der Waals surface area contributed by atoms with Gasteiger partial charge in [-0.15, -0.1) is 0 Å². The van der Waals surface area contributed by atoms with E-state index in [0.717, 1.165) is 0 Å². The number of nitrogens with zero attached hydrogens (tertiary/aromatic N) is 1. The van der Waals surface area contributed by atoms with Crippen LogP contribution in [0.5, 0.6) is 0 Å². The lowest BCUT2D eigenvalue weighted by Gasteiger charge is -2.37. The fourth-order valence-corrected chi connectivity index (χ4v) is 3.25. The molecule has 1 aliphatic rings. The van der Waals surface area contributed by atoms with Crippen molar-refractivity contribution in [1.82, 2.24) is 10.2 Å². The Morgan fingerprint density at radius 2 is 1.85 bits per heavy atom. The summed E-state index contributed by atoms with van der Waals surface area (Å²) in [6.45, 7) is 6.20. The fraction of sp³-hybridized carbons (Fsp3) is 0.526. The number of carboxylic acids is 1. The molecule has 0 saturated carbocycles. The smallest absolute Gasteiger partial charge is 0.306 e. The number of carbonyl (C=O) groups excluding carboxylic acids is 2. The highest BCUT2D eigenvalue weighted by Crippen LogP contribution is 2.24. The predicted molar refractivity (Wildman–Crippen MR) is 94.0 cm³/mol. The van der Waals surface area contributed by atoms with Gasteiger partial charge in [0.15, 0.2) is 0 Å². The van der Waals surface area contributed by atoms with Gasteiger partial charge in [0.1, 0.15) is 11.9 Å². The van der Waals surface area contributed by atoms with Crippen molar-refractivity contribution in [3.8, 4) is 0 Å². The second-order valence-corrected chi connectivity index (χ2v) is 7.20. The molecule has 1 aliphatic heterocycles. The third-order valence-corrected chi connectivity index (χ3v) is 4.86. The first-order chi connectivity index (χ1) is 12.2. The molecule has 0 bridgehead atoms. The van der Waals surface area contributed by atoms with E-state index in [1.54, 1.807) is 4.90 Å². The van der Waals surface area contributed by atoms with Gasteiger partial charge in [-0.25, -0.2) is 4.39 Å². The first-order valence-corrected chi connectivity index (χ1v) is 8.78. The van der Waals surface area contributed by atoms with Crippen molar-refractivity contribution in [3.05, 3.63) is 35.6 Å². The number of rotatable bonds is 5. The fourth-order valence-electron chi connectivity index (χ4n) is 3.25. The first-order valence-electron chi connectivity index (χ1n) is 8.78. The summed E-state index contributed by atoms with van der Waals surface area (Å²) in [6, 6.07) is 4.40. The second kappa shape index (κ2) is 8.29. The maximum absolute atomic E-state index is 13.0. The highest BCUT2D eigenvalue weighted by Gasteiger charge is 2.36. The Morgan fingerprint density at radius 1 is 1.23 bits per heavy atom. The first kappa shape index (κ1) is 19.9. The van der Waals surface area contributed by atoms with E-state index < -0.39 is 29.7 Å². The molecule has 26 heavy (non-hydrogen) atoms. The summed E-state index contributed by atoms with van der Waals surface area (Å²) in [5, 5.41) is 11.9. The molecule has 2 N–H and O–H groups in total. The van der Waals surface area contributed by atoms with Gasteiger partial charge < -0.3 is 15.3 Å². The molecule has 1 heterocycles. The van der Waals surface area contributed by atoms with E-state index in [-0.39, 0.29) is 23.3 Å². The van der Waals surface area contributed by atoms with Crippen LogP contribution in [0, 0.1) is 23.6 Å². The summed E-state index contributed by atoms with van der Waals surface area (Å²) in [6.07, 6.45) is 0.402. The van der Waals surface area contributed by atoms with Crippen molar-refractivity contribution in [2.24, 2.45) is 17.8 Å². The minimum absolute atomic E-state index is 0.139. The molecule has 2 rings (SSSR count). The minimum Gasteiger partial charge on any atom is -0.481 e. The van der Waals surface area contributed by atoms with E-state index in [2.05, 4.69) is 5.32 Å². The third kappa shape index (κ3) is 4.59. The number of hydrogen-bond donors (Lipinski definition) is 2. The van der Waals surface area contributed by atoms with Gasteiger partial charge in [0, 0.05) is 18.7 Å².